The van der Waals surface area contributed by atoms with Gasteiger partial charge >= 0.3 is 5.97 Å². The first kappa shape index (κ1) is 13.0. The van der Waals surface area contributed by atoms with Crippen molar-refractivity contribution in [3.05, 3.63) is 0 Å². The average Bonchev–Trinajstić information content (AvgIpc) is 2.76. The van der Waals surface area contributed by atoms with E-state index in [-0.39, 0.29) is 11.8 Å². The molecule has 5 heteroatoms. The summed E-state index contributed by atoms with van der Waals surface area (Å²) in [7, 11) is 0. The zero-order valence-electron chi connectivity index (χ0n) is 9.82. The van der Waals surface area contributed by atoms with E-state index < -0.39 is 17.3 Å². The summed E-state index contributed by atoms with van der Waals surface area (Å²) in [6, 6.07) is 0. The van der Waals surface area contributed by atoms with Crippen LogP contribution in [0.5, 0.6) is 0 Å². The molecule has 0 aromatic rings. The number of carbonyl (C=O) groups is 2. The van der Waals surface area contributed by atoms with Crippen LogP contribution in [0.1, 0.15) is 26.7 Å². The first-order chi connectivity index (χ1) is 7.42. The number of nitrogens with two attached hydrogens (primary N) is 1. The molecule has 0 aromatic heterocycles. The summed E-state index contributed by atoms with van der Waals surface area (Å²) in [4.78, 5) is 22.6. The molecule has 2 atom stereocenters. The zero-order valence-corrected chi connectivity index (χ0v) is 9.82. The fourth-order valence-corrected chi connectivity index (χ4v) is 2.18. The third-order valence-corrected chi connectivity index (χ3v) is 3.31. The van der Waals surface area contributed by atoms with E-state index >= 15 is 0 Å². The average molecular weight is 228 g/mol. The number of rotatable bonds is 6. The monoisotopic (exact) mass is 228 g/mol. The van der Waals surface area contributed by atoms with Crippen molar-refractivity contribution < 1.29 is 14.7 Å². The number of carboxylic acids is 1. The molecule has 0 saturated heterocycles. The van der Waals surface area contributed by atoms with Crippen molar-refractivity contribution >= 4 is 11.9 Å². The quantitative estimate of drug-likeness (QED) is 0.566. The van der Waals surface area contributed by atoms with E-state index in [1.807, 2.05) is 13.8 Å². The lowest BCUT2D eigenvalue weighted by atomic mass is 10.1. The van der Waals surface area contributed by atoms with Crippen LogP contribution in [0.25, 0.3) is 0 Å². The number of amides is 1. The van der Waals surface area contributed by atoms with Gasteiger partial charge in [0.1, 0.15) is 0 Å². The lowest BCUT2D eigenvalue weighted by molar-refractivity contribution is -0.140. The van der Waals surface area contributed by atoms with Gasteiger partial charge in [0.15, 0.2) is 0 Å². The highest BCUT2D eigenvalue weighted by atomic mass is 16.4. The molecule has 0 radical (unpaired) electrons. The highest BCUT2D eigenvalue weighted by Crippen LogP contribution is 2.58. The highest BCUT2D eigenvalue weighted by Gasteiger charge is 2.65. The Labute approximate surface area is 95.4 Å². The number of unbranched alkanes of at least 4 members (excludes halogenated alkanes) is 1. The lowest BCUT2D eigenvalue weighted by Crippen LogP contribution is -2.28. The van der Waals surface area contributed by atoms with Crippen LogP contribution in [0, 0.1) is 17.3 Å². The zero-order chi connectivity index (χ0) is 12.3. The van der Waals surface area contributed by atoms with Crippen molar-refractivity contribution in [2.75, 3.05) is 13.1 Å². The van der Waals surface area contributed by atoms with Gasteiger partial charge in [0.25, 0.3) is 0 Å². The van der Waals surface area contributed by atoms with Gasteiger partial charge in [-0.25, -0.2) is 0 Å². The third kappa shape index (κ3) is 2.52. The van der Waals surface area contributed by atoms with Crippen LogP contribution in [0.15, 0.2) is 0 Å². The molecule has 1 aliphatic carbocycles. The first-order valence-electron chi connectivity index (χ1n) is 5.63. The molecule has 0 spiro atoms. The van der Waals surface area contributed by atoms with E-state index in [4.69, 9.17) is 10.8 Å². The lowest BCUT2D eigenvalue weighted by Gasteiger charge is -2.05. The van der Waals surface area contributed by atoms with E-state index in [1.54, 1.807) is 0 Å². The Morgan fingerprint density at radius 2 is 1.94 bits per heavy atom. The fraction of sp³-hybridized carbons (Fsp3) is 0.818. The Balaban J connectivity index is 2.36. The minimum atomic E-state index is -0.882. The number of nitrogens with one attached hydrogen (secondary N) is 1. The molecule has 1 amide bonds. The molecule has 1 saturated carbocycles. The van der Waals surface area contributed by atoms with Crippen LogP contribution in [0.3, 0.4) is 0 Å². The first-order valence-corrected chi connectivity index (χ1v) is 5.63. The Morgan fingerprint density at radius 1 is 1.31 bits per heavy atom. The maximum atomic E-state index is 11.7. The van der Waals surface area contributed by atoms with E-state index in [0.29, 0.717) is 13.1 Å². The molecule has 0 unspecified atom stereocenters. The standard InChI is InChI=1S/C11H20N2O3/c1-11(2)7(8(11)10(15)16)9(14)13-6-4-3-5-12/h7-8H,3-6,12H2,1-2H3,(H,13,14)(H,15,16)/t7-,8+/m1/s1. The number of aliphatic carboxylic acids is 1. The summed E-state index contributed by atoms with van der Waals surface area (Å²) in [5, 5.41) is 11.7. The van der Waals surface area contributed by atoms with Crippen molar-refractivity contribution in [1.82, 2.24) is 5.32 Å². The fourth-order valence-electron chi connectivity index (χ4n) is 2.18. The molecule has 4 N–H and O–H groups in total. The van der Waals surface area contributed by atoms with E-state index in [0.717, 1.165) is 12.8 Å². The Bertz CT molecular complexity index is 289. The maximum Gasteiger partial charge on any atom is 0.307 e. The minimum Gasteiger partial charge on any atom is -0.481 e. The topological polar surface area (TPSA) is 92.4 Å². The summed E-state index contributed by atoms with van der Waals surface area (Å²) in [6.45, 7) is 4.82. The van der Waals surface area contributed by atoms with Crippen molar-refractivity contribution in [1.29, 1.82) is 0 Å². The third-order valence-electron chi connectivity index (χ3n) is 3.31. The molecule has 16 heavy (non-hydrogen) atoms. The molecule has 1 fully saturated rings. The molecule has 0 aliphatic heterocycles. The van der Waals surface area contributed by atoms with Crippen molar-refractivity contribution in [3.8, 4) is 0 Å². The van der Waals surface area contributed by atoms with Gasteiger partial charge in [0, 0.05) is 6.54 Å². The second-order valence-corrected chi connectivity index (χ2v) is 4.90. The van der Waals surface area contributed by atoms with Gasteiger partial charge in [-0.1, -0.05) is 13.8 Å². The molecular formula is C11H20N2O3. The molecule has 92 valence electrons. The van der Waals surface area contributed by atoms with Crippen LogP contribution in [0.4, 0.5) is 0 Å². The number of carbonyl (C=O) groups excluding carboxylic acids is 1. The molecule has 1 aliphatic rings. The van der Waals surface area contributed by atoms with Crippen LogP contribution in [-0.2, 0) is 9.59 Å². The van der Waals surface area contributed by atoms with E-state index in [2.05, 4.69) is 5.32 Å². The van der Waals surface area contributed by atoms with E-state index in [9.17, 15) is 9.59 Å². The SMILES string of the molecule is CC1(C)[C@H](C(=O)O)[C@@H]1C(=O)NCCCCN. The maximum absolute atomic E-state index is 11.7. The molecule has 5 nitrogen and oxygen atoms in total. The minimum absolute atomic E-state index is 0.144. The molecular weight excluding hydrogens is 208 g/mol. The second kappa shape index (κ2) is 4.82. The number of hydrogen-bond acceptors (Lipinski definition) is 3. The largest absolute Gasteiger partial charge is 0.481 e. The normalized spacial score (nSPS) is 26.2. The Hall–Kier alpha value is -1.10. The van der Waals surface area contributed by atoms with Gasteiger partial charge in [-0.15, -0.1) is 0 Å². The number of hydrogen-bond donors (Lipinski definition) is 3. The second-order valence-electron chi connectivity index (χ2n) is 4.90. The summed E-state index contributed by atoms with van der Waals surface area (Å²) < 4.78 is 0. The van der Waals surface area contributed by atoms with Crippen molar-refractivity contribution in [2.45, 2.75) is 26.7 Å². The van der Waals surface area contributed by atoms with Gasteiger partial charge in [-0.05, 0) is 24.8 Å². The molecule has 0 bridgehead atoms. The Morgan fingerprint density at radius 3 is 2.38 bits per heavy atom. The predicted octanol–water partition coefficient (Wildman–Crippen LogP) is 0.198. The summed E-state index contributed by atoms with van der Waals surface area (Å²) in [5.74, 6) is -1.95. The predicted molar refractivity (Wildman–Crippen MR) is 59.7 cm³/mol. The molecule has 1 rings (SSSR count). The van der Waals surface area contributed by atoms with Crippen LogP contribution in [0.2, 0.25) is 0 Å². The highest BCUT2D eigenvalue weighted by molar-refractivity contribution is 5.91. The summed E-state index contributed by atoms with van der Waals surface area (Å²) >= 11 is 0. The van der Waals surface area contributed by atoms with Gasteiger partial charge in [-0.2, -0.15) is 0 Å². The van der Waals surface area contributed by atoms with Gasteiger partial charge in [0.2, 0.25) is 5.91 Å². The van der Waals surface area contributed by atoms with Crippen LogP contribution >= 0.6 is 0 Å². The van der Waals surface area contributed by atoms with E-state index in [1.165, 1.54) is 0 Å². The molecule has 0 heterocycles. The van der Waals surface area contributed by atoms with Crippen LogP contribution in [-0.4, -0.2) is 30.1 Å². The smallest absolute Gasteiger partial charge is 0.307 e. The van der Waals surface area contributed by atoms with Crippen LogP contribution < -0.4 is 11.1 Å². The summed E-state index contributed by atoms with van der Waals surface area (Å²) in [5.41, 5.74) is 4.92. The van der Waals surface area contributed by atoms with Gasteiger partial charge < -0.3 is 16.2 Å². The van der Waals surface area contributed by atoms with Crippen molar-refractivity contribution in [3.63, 3.8) is 0 Å². The molecule has 0 aromatic carbocycles. The Kier molecular flexibility index (Phi) is 3.91. The van der Waals surface area contributed by atoms with Gasteiger partial charge in [-0.3, -0.25) is 9.59 Å². The number of carboxylic acid groups (broad SMARTS) is 1. The van der Waals surface area contributed by atoms with Gasteiger partial charge in [0.05, 0.1) is 11.8 Å². The van der Waals surface area contributed by atoms with Crippen molar-refractivity contribution in [2.24, 2.45) is 23.0 Å². The summed E-state index contributed by atoms with van der Waals surface area (Å²) in [6.07, 6.45) is 1.71.